The lowest BCUT2D eigenvalue weighted by Gasteiger charge is -2.09. The van der Waals surface area contributed by atoms with Crippen LogP contribution >= 0.6 is 11.6 Å². The third-order valence-electron chi connectivity index (χ3n) is 3.69. The zero-order chi connectivity index (χ0) is 16.5. The number of nitrogens with zero attached hydrogens (tertiary/aromatic N) is 3. The molecule has 4 nitrogen and oxygen atoms in total. The number of benzene rings is 2. The number of rotatable bonds is 3. The van der Waals surface area contributed by atoms with Gasteiger partial charge in [-0.2, -0.15) is 0 Å². The molecule has 6 heteroatoms. The molecule has 24 heavy (non-hydrogen) atoms. The van der Waals surface area contributed by atoms with Gasteiger partial charge in [-0.3, -0.25) is 0 Å². The molecule has 2 aromatic carbocycles. The maximum Gasteiger partial charge on any atom is 0.158 e. The van der Waals surface area contributed by atoms with E-state index in [1.54, 1.807) is 3.97 Å². The Hall–Kier alpha value is -2.50. The Bertz CT molecular complexity index is 1030. The van der Waals surface area contributed by atoms with Crippen molar-refractivity contribution < 1.29 is 4.21 Å². The summed E-state index contributed by atoms with van der Waals surface area (Å²) in [6.45, 7) is 0. The van der Waals surface area contributed by atoms with Crippen LogP contribution in [0.4, 0.5) is 0 Å². The van der Waals surface area contributed by atoms with Gasteiger partial charge >= 0.3 is 0 Å². The first kappa shape index (κ1) is 15.1. The Morgan fingerprint density at radius 2 is 1.58 bits per heavy atom. The van der Waals surface area contributed by atoms with Gasteiger partial charge in [-0.05, 0) is 23.8 Å². The molecular weight excluding hydrogens is 342 g/mol. The quantitative estimate of drug-likeness (QED) is 0.515. The Morgan fingerprint density at radius 3 is 2.29 bits per heavy atom. The van der Waals surface area contributed by atoms with Gasteiger partial charge in [0.2, 0.25) is 0 Å². The molecule has 0 amide bonds. The Labute approximate surface area is 146 Å². The molecule has 4 rings (SSSR count). The molecular formula is C18H12ClN3OS. The summed E-state index contributed by atoms with van der Waals surface area (Å²) in [7, 11) is -1.44. The summed E-state index contributed by atoms with van der Waals surface area (Å²) >= 11 is 6.22. The molecule has 0 N–H and O–H groups in total. The summed E-state index contributed by atoms with van der Waals surface area (Å²) in [5.41, 5.74) is 2.28. The van der Waals surface area contributed by atoms with Crippen molar-refractivity contribution in [3.63, 3.8) is 0 Å². The zero-order valence-electron chi connectivity index (χ0n) is 12.5. The molecule has 0 bridgehead atoms. The lowest BCUT2D eigenvalue weighted by atomic mass is 10.1. The van der Waals surface area contributed by atoms with E-state index < -0.39 is 11.0 Å². The second kappa shape index (κ2) is 6.19. The molecule has 1 unspecified atom stereocenters. The summed E-state index contributed by atoms with van der Waals surface area (Å²) in [5.74, 6) is 0. The minimum absolute atomic E-state index is 0.348. The maximum atomic E-state index is 13.2. The van der Waals surface area contributed by atoms with Crippen molar-refractivity contribution in [2.45, 2.75) is 4.90 Å². The number of halogens is 1. The average molecular weight is 354 g/mol. The number of aromatic nitrogens is 3. The summed E-state index contributed by atoms with van der Waals surface area (Å²) in [5, 5.41) is 1.03. The number of hydrogen-bond acceptors (Lipinski definition) is 3. The van der Waals surface area contributed by atoms with Gasteiger partial charge in [0, 0.05) is 0 Å². The average Bonchev–Trinajstić information content (AvgIpc) is 3.03. The van der Waals surface area contributed by atoms with Crippen LogP contribution in [0.2, 0.25) is 5.15 Å². The van der Waals surface area contributed by atoms with Gasteiger partial charge in [0.15, 0.2) is 16.6 Å². The fourth-order valence-electron chi connectivity index (χ4n) is 2.58. The standard InChI is InChI=1S/C18H12ClN3OS/c19-17-15-11-16(13-7-3-1-4-8-13)22(18(15)21-12-20-17)24(23)14-9-5-2-6-10-14/h1-12H. The largest absolute Gasteiger partial charge is 0.238 e. The molecule has 0 radical (unpaired) electrons. The maximum absolute atomic E-state index is 13.2. The molecule has 118 valence electrons. The lowest BCUT2D eigenvalue weighted by molar-refractivity contribution is 0.678. The van der Waals surface area contributed by atoms with Gasteiger partial charge in [0.25, 0.3) is 0 Å². The molecule has 2 heterocycles. The molecule has 4 aromatic rings. The van der Waals surface area contributed by atoms with Crippen molar-refractivity contribution in [3.05, 3.63) is 78.2 Å². The van der Waals surface area contributed by atoms with Crippen molar-refractivity contribution in [2.75, 3.05) is 0 Å². The van der Waals surface area contributed by atoms with E-state index in [-0.39, 0.29) is 0 Å². The number of fused-ring (bicyclic) bond motifs is 1. The molecule has 0 spiro atoms. The van der Waals surface area contributed by atoms with Gasteiger partial charge in [0.1, 0.15) is 11.5 Å². The highest BCUT2D eigenvalue weighted by Gasteiger charge is 2.19. The second-order valence-electron chi connectivity index (χ2n) is 5.15. The topological polar surface area (TPSA) is 47.8 Å². The van der Waals surface area contributed by atoms with Crippen LogP contribution in [0.15, 0.2) is 78.0 Å². The predicted molar refractivity (Wildman–Crippen MR) is 96.2 cm³/mol. The Morgan fingerprint density at radius 1 is 0.917 bits per heavy atom. The minimum atomic E-state index is -1.44. The van der Waals surface area contributed by atoms with E-state index in [1.165, 1.54) is 6.33 Å². The first-order chi connectivity index (χ1) is 11.8. The molecule has 0 aliphatic carbocycles. The van der Waals surface area contributed by atoms with Crippen LogP contribution in [-0.4, -0.2) is 18.1 Å². The Balaban J connectivity index is 2.02. The van der Waals surface area contributed by atoms with Crippen molar-refractivity contribution in [3.8, 4) is 11.3 Å². The van der Waals surface area contributed by atoms with E-state index in [9.17, 15) is 4.21 Å². The molecule has 0 aliphatic rings. The first-order valence-electron chi connectivity index (χ1n) is 7.30. The molecule has 1 atom stereocenters. The molecule has 0 saturated heterocycles. The lowest BCUT2D eigenvalue weighted by Crippen LogP contribution is -2.07. The van der Waals surface area contributed by atoms with Crippen LogP contribution in [0.1, 0.15) is 0 Å². The highest BCUT2D eigenvalue weighted by atomic mass is 35.5. The SMILES string of the molecule is O=S(c1ccccc1)n1c(-c2ccccc2)cc2c(Cl)ncnc21. The predicted octanol–water partition coefficient (Wildman–Crippen LogP) is 4.32. The van der Waals surface area contributed by atoms with Crippen molar-refractivity contribution in [2.24, 2.45) is 0 Å². The van der Waals surface area contributed by atoms with E-state index in [1.807, 2.05) is 66.7 Å². The van der Waals surface area contributed by atoms with Crippen molar-refractivity contribution in [1.82, 2.24) is 13.9 Å². The van der Waals surface area contributed by atoms with Gasteiger partial charge in [-0.15, -0.1) is 0 Å². The van der Waals surface area contributed by atoms with E-state index in [0.29, 0.717) is 21.1 Å². The van der Waals surface area contributed by atoms with Crippen LogP contribution in [-0.2, 0) is 11.0 Å². The number of hydrogen-bond donors (Lipinski definition) is 0. The van der Waals surface area contributed by atoms with Crippen LogP contribution < -0.4 is 0 Å². The highest BCUT2D eigenvalue weighted by Crippen LogP contribution is 2.32. The molecule has 0 fully saturated rings. The zero-order valence-corrected chi connectivity index (χ0v) is 14.0. The van der Waals surface area contributed by atoms with Crippen LogP contribution in [0.25, 0.3) is 22.3 Å². The van der Waals surface area contributed by atoms with E-state index in [0.717, 1.165) is 11.3 Å². The second-order valence-corrected chi connectivity index (χ2v) is 6.85. The van der Waals surface area contributed by atoms with Gasteiger partial charge in [-0.1, -0.05) is 60.1 Å². The summed E-state index contributed by atoms with van der Waals surface area (Å²) in [6, 6.07) is 20.9. The third-order valence-corrected chi connectivity index (χ3v) is 5.36. The first-order valence-corrected chi connectivity index (χ1v) is 8.79. The fraction of sp³-hybridized carbons (Fsp3) is 0. The van der Waals surface area contributed by atoms with E-state index >= 15 is 0 Å². The van der Waals surface area contributed by atoms with Crippen LogP contribution in [0, 0.1) is 0 Å². The van der Waals surface area contributed by atoms with Gasteiger partial charge in [0.05, 0.1) is 16.0 Å². The minimum Gasteiger partial charge on any atom is -0.238 e. The summed E-state index contributed by atoms with van der Waals surface area (Å²) < 4.78 is 14.9. The van der Waals surface area contributed by atoms with Crippen molar-refractivity contribution >= 4 is 33.6 Å². The summed E-state index contributed by atoms with van der Waals surface area (Å²) in [6.07, 6.45) is 1.39. The highest BCUT2D eigenvalue weighted by molar-refractivity contribution is 7.83. The van der Waals surface area contributed by atoms with Gasteiger partial charge < -0.3 is 0 Å². The van der Waals surface area contributed by atoms with Crippen LogP contribution in [0.3, 0.4) is 0 Å². The molecule has 0 saturated carbocycles. The Kier molecular flexibility index (Phi) is 3.88. The van der Waals surface area contributed by atoms with Gasteiger partial charge in [-0.25, -0.2) is 18.1 Å². The van der Waals surface area contributed by atoms with Crippen molar-refractivity contribution in [1.29, 1.82) is 0 Å². The molecule has 0 aliphatic heterocycles. The van der Waals surface area contributed by atoms with Crippen LogP contribution in [0.5, 0.6) is 0 Å². The van der Waals surface area contributed by atoms with E-state index in [4.69, 9.17) is 11.6 Å². The monoisotopic (exact) mass is 353 g/mol. The fourth-order valence-corrected chi connectivity index (χ4v) is 4.00. The smallest absolute Gasteiger partial charge is 0.158 e. The molecule has 2 aromatic heterocycles. The third kappa shape index (κ3) is 2.52. The normalized spacial score (nSPS) is 12.4. The van der Waals surface area contributed by atoms with E-state index in [2.05, 4.69) is 9.97 Å². The summed E-state index contributed by atoms with van der Waals surface area (Å²) in [4.78, 5) is 9.03.